The predicted octanol–water partition coefficient (Wildman–Crippen LogP) is 1.04. The summed E-state index contributed by atoms with van der Waals surface area (Å²) >= 11 is 0. The molecule has 0 rings (SSSR count). The minimum atomic E-state index is -0.474. The number of ether oxygens (including phenoxy) is 11. The normalized spacial score (nSPS) is 11.6. The number of hydrogen-bond donors (Lipinski definition) is 0. The van der Waals surface area contributed by atoms with Gasteiger partial charge in [-0.25, -0.2) is 4.79 Å². The molecule has 0 spiro atoms. The van der Waals surface area contributed by atoms with Crippen LogP contribution >= 0.6 is 0 Å². The summed E-state index contributed by atoms with van der Waals surface area (Å²) in [6.07, 6.45) is 0.229. The molecule has 0 aliphatic carbocycles. The van der Waals surface area contributed by atoms with Crippen LogP contribution in [0.15, 0.2) is 0 Å². The van der Waals surface area contributed by atoms with E-state index in [1.54, 1.807) is 0 Å². The van der Waals surface area contributed by atoms with Gasteiger partial charge in [-0.05, 0) is 20.8 Å². The molecule has 0 aromatic rings. The second-order valence-electron chi connectivity index (χ2n) is 8.86. The highest BCUT2D eigenvalue weighted by atomic mass is 16.6. The molecule has 0 fully saturated rings. The van der Waals surface area contributed by atoms with E-state index in [2.05, 4.69) is 4.74 Å². The maximum atomic E-state index is 11.5. The van der Waals surface area contributed by atoms with Crippen molar-refractivity contribution in [3.05, 3.63) is 0 Å². The van der Waals surface area contributed by atoms with Crippen LogP contribution in [0.1, 0.15) is 27.2 Å². The van der Waals surface area contributed by atoms with Gasteiger partial charge in [0.15, 0.2) is 0 Å². The van der Waals surface area contributed by atoms with Crippen molar-refractivity contribution in [1.29, 1.82) is 0 Å². The molecule has 0 radical (unpaired) electrons. The fraction of sp³-hybridized carbons (Fsp3) is 0.923. The Hall–Kier alpha value is -1.42. The molecular weight excluding hydrogens is 520 g/mol. The van der Waals surface area contributed by atoms with Crippen LogP contribution in [0, 0.1) is 0 Å². The van der Waals surface area contributed by atoms with Crippen LogP contribution in [-0.4, -0.2) is 144 Å². The van der Waals surface area contributed by atoms with Gasteiger partial charge in [-0.3, -0.25) is 4.79 Å². The van der Waals surface area contributed by atoms with Crippen LogP contribution in [0.4, 0.5) is 0 Å². The van der Waals surface area contributed by atoms with Gasteiger partial charge in [-0.1, -0.05) is 0 Å². The average molecular weight is 571 g/mol. The molecular formula is C26H50O13. The Morgan fingerprint density at radius 1 is 0.436 bits per heavy atom. The Bertz CT molecular complexity index is 554. The predicted molar refractivity (Wildman–Crippen MR) is 140 cm³/mol. The number of rotatable bonds is 29. The van der Waals surface area contributed by atoms with Crippen molar-refractivity contribution in [1.82, 2.24) is 0 Å². The second-order valence-corrected chi connectivity index (χ2v) is 8.86. The van der Waals surface area contributed by atoms with Crippen molar-refractivity contribution in [2.75, 3.05) is 126 Å². The third-order valence-corrected chi connectivity index (χ3v) is 4.29. The SMILES string of the molecule is COC(=O)COCCOCCOCCOCCOCCOCCOCCOCCOCCC(=O)OC(C)(C)C. The van der Waals surface area contributed by atoms with Gasteiger partial charge in [0, 0.05) is 0 Å². The van der Waals surface area contributed by atoms with Gasteiger partial charge < -0.3 is 52.1 Å². The van der Waals surface area contributed by atoms with Gasteiger partial charge in [0.1, 0.15) is 12.2 Å². The second kappa shape index (κ2) is 28.1. The maximum absolute atomic E-state index is 11.5. The van der Waals surface area contributed by atoms with Crippen molar-refractivity contribution in [3.8, 4) is 0 Å². The van der Waals surface area contributed by atoms with Crippen molar-refractivity contribution in [2.45, 2.75) is 32.8 Å². The zero-order chi connectivity index (χ0) is 28.9. The lowest BCUT2D eigenvalue weighted by atomic mass is 10.2. The lowest BCUT2D eigenvalue weighted by Gasteiger charge is -2.19. The van der Waals surface area contributed by atoms with E-state index in [-0.39, 0.29) is 19.0 Å². The fourth-order valence-electron chi connectivity index (χ4n) is 2.52. The zero-order valence-corrected chi connectivity index (χ0v) is 24.2. The topological polar surface area (TPSA) is 136 Å². The Kier molecular flexibility index (Phi) is 27.1. The standard InChI is InChI=1S/C26H50O13/c1-26(2,3)39-24(27)5-6-30-7-8-31-9-10-32-11-12-33-13-14-34-15-16-35-17-18-36-19-20-37-21-22-38-23-25(28)29-4/h5-23H2,1-4H3. The lowest BCUT2D eigenvalue weighted by Crippen LogP contribution is -2.24. The molecule has 13 heteroatoms. The Morgan fingerprint density at radius 2 is 0.718 bits per heavy atom. The Morgan fingerprint density at radius 3 is 1.00 bits per heavy atom. The van der Waals surface area contributed by atoms with Crippen LogP contribution in [0.2, 0.25) is 0 Å². The van der Waals surface area contributed by atoms with Crippen LogP contribution < -0.4 is 0 Å². The summed E-state index contributed by atoms with van der Waals surface area (Å²) in [6.45, 7) is 13.0. The molecule has 0 heterocycles. The highest BCUT2D eigenvalue weighted by molar-refractivity contribution is 5.70. The molecule has 232 valence electrons. The smallest absolute Gasteiger partial charge is 0.331 e. The molecule has 0 unspecified atom stereocenters. The summed E-state index contributed by atoms with van der Waals surface area (Å²) in [4.78, 5) is 22.4. The summed E-state index contributed by atoms with van der Waals surface area (Å²) in [7, 11) is 1.31. The summed E-state index contributed by atoms with van der Waals surface area (Å²) in [5.41, 5.74) is -0.474. The van der Waals surface area contributed by atoms with E-state index in [0.29, 0.717) is 112 Å². The van der Waals surface area contributed by atoms with E-state index in [4.69, 9.17) is 47.4 Å². The first-order valence-corrected chi connectivity index (χ1v) is 13.3. The zero-order valence-electron chi connectivity index (χ0n) is 24.2. The summed E-state index contributed by atoms with van der Waals surface area (Å²) in [5.74, 6) is -0.678. The maximum Gasteiger partial charge on any atom is 0.331 e. The summed E-state index contributed by atoms with van der Waals surface area (Å²) < 4.78 is 57.8. The van der Waals surface area contributed by atoms with Crippen molar-refractivity contribution >= 4 is 11.9 Å². The van der Waals surface area contributed by atoms with E-state index in [0.717, 1.165) is 0 Å². The first kappa shape index (κ1) is 37.6. The van der Waals surface area contributed by atoms with Crippen LogP contribution in [-0.2, 0) is 61.7 Å². The first-order chi connectivity index (χ1) is 18.8. The van der Waals surface area contributed by atoms with Gasteiger partial charge in [-0.2, -0.15) is 0 Å². The number of methoxy groups -OCH3 is 1. The van der Waals surface area contributed by atoms with Crippen LogP contribution in [0.5, 0.6) is 0 Å². The molecule has 0 amide bonds. The van der Waals surface area contributed by atoms with Crippen LogP contribution in [0.25, 0.3) is 0 Å². The van der Waals surface area contributed by atoms with Crippen LogP contribution in [0.3, 0.4) is 0 Å². The molecule has 0 aromatic heterocycles. The number of carbonyl (C=O) groups is 2. The monoisotopic (exact) mass is 570 g/mol. The van der Waals surface area contributed by atoms with Gasteiger partial charge in [0.2, 0.25) is 0 Å². The van der Waals surface area contributed by atoms with Crippen molar-refractivity contribution in [3.63, 3.8) is 0 Å². The minimum Gasteiger partial charge on any atom is -0.467 e. The molecule has 0 bridgehead atoms. The molecule has 0 atom stereocenters. The highest BCUT2D eigenvalue weighted by Crippen LogP contribution is 2.08. The van der Waals surface area contributed by atoms with Gasteiger partial charge in [-0.15, -0.1) is 0 Å². The Labute approximate surface area is 232 Å². The Balaban J connectivity index is 3.11. The van der Waals surface area contributed by atoms with Gasteiger partial charge in [0.05, 0.1) is 126 Å². The van der Waals surface area contributed by atoms with Gasteiger partial charge in [0.25, 0.3) is 0 Å². The van der Waals surface area contributed by atoms with Gasteiger partial charge >= 0.3 is 11.9 Å². The highest BCUT2D eigenvalue weighted by Gasteiger charge is 2.15. The third-order valence-electron chi connectivity index (χ3n) is 4.29. The van der Waals surface area contributed by atoms with Crippen molar-refractivity contribution < 1.29 is 61.7 Å². The molecule has 0 saturated heterocycles. The molecule has 0 aromatic carbocycles. The molecule has 0 aliphatic rings. The quantitative estimate of drug-likeness (QED) is 0.0937. The fourth-order valence-corrected chi connectivity index (χ4v) is 2.52. The largest absolute Gasteiger partial charge is 0.467 e. The van der Waals surface area contributed by atoms with E-state index < -0.39 is 11.6 Å². The number of hydrogen-bond acceptors (Lipinski definition) is 13. The van der Waals surface area contributed by atoms with E-state index in [9.17, 15) is 9.59 Å². The summed E-state index contributed by atoms with van der Waals surface area (Å²) in [5, 5.41) is 0. The van der Waals surface area contributed by atoms with E-state index in [1.165, 1.54) is 7.11 Å². The molecule has 0 aliphatic heterocycles. The third kappa shape index (κ3) is 32.7. The van der Waals surface area contributed by atoms with E-state index >= 15 is 0 Å². The summed E-state index contributed by atoms with van der Waals surface area (Å²) in [6, 6.07) is 0. The number of carbonyl (C=O) groups excluding carboxylic acids is 2. The van der Waals surface area contributed by atoms with E-state index in [1.807, 2.05) is 20.8 Å². The molecule has 0 saturated carbocycles. The minimum absolute atomic E-state index is 0.0726. The molecule has 0 N–H and O–H groups in total. The molecule has 39 heavy (non-hydrogen) atoms. The number of esters is 2. The first-order valence-electron chi connectivity index (χ1n) is 13.3. The average Bonchev–Trinajstić information content (AvgIpc) is 2.89. The van der Waals surface area contributed by atoms with Crippen molar-refractivity contribution in [2.24, 2.45) is 0 Å². The molecule has 13 nitrogen and oxygen atoms in total. The lowest BCUT2D eigenvalue weighted by molar-refractivity contribution is -0.156.